The van der Waals surface area contributed by atoms with Gasteiger partial charge in [-0.25, -0.2) is 4.98 Å². The number of ether oxygens (including phenoxy) is 1. The van der Waals surface area contributed by atoms with Crippen LogP contribution in [0, 0.1) is 0 Å². The van der Waals surface area contributed by atoms with Gasteiger partial charge in [0.15, 0.2) is 0 Å². The number of fused-ring (bicyclic) bond motifs is 1. The van der Waals surface area contributed by atoms with Crippen molar-refractivity contribution < 1.29 is 4.74 Å². The minimum absolute atomic E-state index is 0.0467. The lowest BCUT2D eigenvalue weighted by atomic mass is 10.1. The van der Waals surface area contributed by atoms with Crippen molar-refractivity contribution in [2.75, 3.05) is 6.61 Å². The predicted molar refractivity (Wildman–Crippen MR) is 67.5 cm³/mol. The van der Waals surface area contributed by atoms with Gasteiger partial charge in [-0.3, -0.25) is 9.36 Å². The van der Waals surface area contributed by atoms with Crippen LogP contribution < -0.4 is 5.56 Å². The van der Waals surface area contributed by atoms with E-state index in [1.807, 2.05) is 11.4 Å². The Hall–Kier alpha value is -1.20. The molecule has 0 N–H and O–H groups in total. The summed E-state index contributed by atoms with van der Waals surface area (Å²) in [6, 6.07) is 1.84. The Morgan fingerprint density at radius 1 is 1.53 bits per heavy atom. The Labute approximate surface area is 103 Å². The maximum Gasteiger partial charge on any atom is 0.262 e. The molecular formula is C12H14N2O2S. The Morgan fingerprint density at radius 3 is 3.29 bits per heavy atom. The van der Waals surface area contributed by atoms with Crippen LogP contribution in [-0.4, -0.2) is 22.3 Å². The van der Waals surface area contributed by atoms with Gasteiger partial charge in [-0.05, 0) is 30.7 Å². The number of thiophene rings is 1. The van der Waals surface area contributed by atoms with Gasteiger partial charge >= 0.3 is 0 Å². The topological polar surface area (TPSA) is 44.1 Å². The highest BCUT2D eigenvalue weighted by Crippen LogP contribution is 2.16. The second-order valence-electron chi connectivity index (χ2n) is 4.33. The van der Waals surface area contributed by atoms with E-state index in [9.17, 15) is 4.79 Å². The maximum atomic E-state index is 12.1. The van der Waals surface area contributed by atoms with Crippen molar-refractivity contribution in [3.05, 3.63) is 28.1 Å². The molecule has 1 aliphatic rings. The summed E-state index contributed by atoms with van der Waals surface area (Å²) in [5.74, 6) is 0. The van der Waals surface area contributed by atoms with E-state index < -0.39 is 0 Å². The summed E-state index contributed by atoms with van der Waals surface area (Å²) in [6.45, 7) is 1.44. The van der Waals surface area contributed by atoms with Crippen LogP contribution in [0.2, 0.25) is 0 Å². The SMILES string of the molecule is O=c1c2ccsc2ncn1C[C@H]1CCCCO1. The molecule has 1 atom stereocenters. The maximum absolute atomic E-state index is 12.1. The zero-order valence-corrected chi connectivity index (χ0v) is 10.3. The normalized spacial score (nSPS) is 20.8. The third-order valence-corrected chi connectivity index (χ3v) is 3.95. The van der Waals surface area contributed by atoms with Gasteiger partial charge < -0.3 is 4.74 Å². The summed E-state index contributed by atoms with van der Waals surface area (Å²) in [7, 11) is 0. The Bertz CT molecular complexity index is 569. The van der Waals surface area contributed by atoms with Gasteiger partial charge in [0.25, 0.3) is 5.56 Å². The quantitative estimate of drug-likeness (QED) is 0.819. The van der Waals surface area contributed by atoms with E-state index in [1.165, 1.54) is 17.8 Å². The van der Waals surface area contributed by atoms with Crippen LogP contribution in [0.1, 0.15) is 19.3 Å². The molecule has 1 saturated heterocycles. The van der Waals surface area contributed by atoms with Crippen molar-refractivity contribution >= 4 is 21.6 Å². The van der Waals surface area contributed by atoms with Gasteiger partial charge in [-0.2, -0.15) is 0 Å². The van der Waals surface area contributed by atoms with Gasteiger partial charge in [-0.1, -0.05) is 0 Å². The van der Waals surface area contributed by atoms with Crippen molar-refractivity contribution in [1.82, 2.24) is 9.55 Å². The standard InChI is InChI=1S/C12H14N2O2S/c15-12-10-4-6-17-11(10)13-8-14(12)7-9-3-1-2-5-16-9/h4,6,8-9H,1-3,5,7H2/t9-/m1/s1. The first kappa shape index (κ1) is 10.9. The average molecular weight is 250 g/mol. The van der Waals surface area contributed by atoms with Crippen LogP contribution in [0.4, 0.5) is 0 Å². The Balaban J connectivity index is 1.89. The van der Waals surface area contributed by atoms with Crippen LogP contribution >= 0.6 is 11.3 Å². The average Bonchev–Trinajstić information content (AvgIpc) is 2.83. The smallest absolute Gasteiger partial charge is 0.262 e. The second-order valence-corrected chi connectivity index (χ2v) is 5.22. The molecule has 2 aromatic rings. The van der Waals surface area contributed by atoms with Gasteiger partial charge in [0.05, 0.1) is 24.4 Å². The first-order chi connectivity index (χ1) is 8.34. The first-order valence-corrected chi connectivity index (χ1v) is 6.77. The molecule has 0 amide bonds. The summed E-state index contributed by atoms with van der Waals surface area (Å²) in [4.78, 5) is 17.2. The first-order valence-electron chi connectivity index (χ1n) is 5.89. The minimum Gasteiger partial charge on any atom is -0.376 e. The summed E-state index contributed by atoms with van der Waals surface area (Å²) in [6.07, 6.45) is 5.16. The fourth-order valence-corrected chi connectivity index (χ4v) is 2.92. The zero-order valence-electron chi connectivity index (χ0n) is 9.46. The molecule has 0 aromatic carbocycles. The highest BCUT2D eigenvalue weighted by molar-refractivity contribution is 7.16. The van der Waals surface area contributed by atoms with Crippen molar-refractivity contribution in [3.63, 3.8) is 0 Å². The van der Waals surface area contributed by atoms with Crippen LogP contribution in [0.3, 0.4) is 0 Å². The summed E-state index contributed by atoms with van der Waals surface area (Å²) >= 11 is 1.50. The molecule has 3 heterocycles. The fourth-order valence-electron chi connectivity index (χ4n) is 2.19. The predicted octanol–water partition coefficient (Wildman–Crippen LogP) is 2.03. The highest BCUT2D eigenvalue weighted by atomic mass is 32.1. The van der Waals surface area contributed by atoms with Crippen LogP contribution in [0.25, 0.3) is 10.2 Å². The van der Waals surface area contributed by atoms with E-state index in [0.717, 1.165) is 24.3 Å². The molecular weight excluding hydrogens is 236 g/mol. The molecule has 0 saturated carbocycles. The van der Waals surface area contributed by atoms with E-state index in [2.05, 4.69) is 4.98 Å². The molecule has 0 radical (unpaired) electrons. The lowest BCUT2D eigenvalue weighted by molar-refractivity contribution is 0.00536. The van der Waals surface area contributed by atoms with Gasteiger partial charge in [-0.15, -0.1) is 11.3 Å². The van der Waals surface area contributed by atoms with Crippen molar-refractivity contribution in [3.8, 4) is 0 Å². The van der Waals surface area contributed by atoms with Crippen LogP contribution in [0.15, 0.2) is 22.6 Å². The lowest BCUT2D eigenvalue weighted by Gasteiger charge is -2.22. The van der Waals surface area contributed by atoms with E-state index in [4.69, 9.17) is 4.74 Å². The second kappa shape index (κ2) is 4.58. The van der Waals surface area contributed by atoms with Gasteiger partial charge in [0.1, 0.15) is 4.83 Å². The summed E-state index contributed by atoms with van der Waals surface area (Å²) in [5.41, 5.74) is 0.0467. The largest absolute Gasteiger partial charge is 0.376 e. The molecule has 0 unspecified atom stereocenters. The van der Waals surface area contributed by atoms with Crippen LogP contribution in [0.5, 0.6) is 0 Å². The Morgan fingerprint density at radius 2 is 2.47 bits per heavy atom. The third kappa shape index (κ3) is 2.12. The molecule has 3 rings (SSSR count). The molecule has 17 heavy (non-hydrogen) atoms. The fraction of sp³-hybridized carbons (Fsp3) is 0.500. The van der Waals surface area contributed by atoms with E-state index in [-0.39, 0.29) is 11.7 Å². The Kier molecular flexibility index (Phi) is 2.94. The molecule has 1 fully saturated rings. The third-order valence-electron chi connectivity index (χ3n) is 3.12. The van der Waals surface area contributed by atoms with Crippen LogP contribution in [-0.2, 0) is 11.3 Å². The number of aromatic nitrogens is 2. The molecule has 0 aliphatic carbocycles. The number of hydrogen-bond acceptors (Lipinski definition) is 4. The van der Waals surface area contributed by atoms with Crippen molar-refractivity contribution in [1.29, 1.82) is 0 Å². The monoisotopic (exact) mass is 250 g/mol. The van der Waals surface area contributed by atoms with E-state index in [1.54, 1.807) is 10.9 Å². The number of hydrogen-bond donors (Lipinski definition) is 0. The molecule has 5 heteroatoms. The lowest BCUT2D eigenvalue weighted by Crippen LogP contribution is -2.30. The molecule has 4 nitrogen and oxygen atoms in total. The number of rotatable bonds is 2. The highest BCUT2D eigenvalue weighted by Gasteiger charge is 2.15. The summed E-state index contributed by atoms with van der Waals surface area (Å²) < 4.78 is 7.32. The molecule has 0 bridgehead atoms. The zero-order chi connectivity index (χ0) is 11.7. The van der Waals surface area contributed by atoms with Gasteiger partial charge in [0.2, 0.25) is 0 Å². The molecule has 0 spiro atoms. The minimum atomic E-state index is 0.0467. The number of nitrogens with zero attached hydrogens (tertiary/aromatic N) is 2. The van der Waals surface area contributed by atoms with Crippen molar-refractivity contribution in [2.45, 2.75) is 31.9 Å². The van der Waals surface area contributed by atoms with Crippen molar-refractivity contribution in [2.24, 2.45) is 0 Å². The molecule has 1 aliphatic heterocycles. The molecule has 2 aromatic heterocycles. The molecule has 90 valence electrons. The summed E-state index contributed by atoms with van der Waals surface area (Å²) in [5, 5.41) is 2.62. The van der Waals surface area contributed by atoms with E-state index in [0.29, 0.717) is 11.9 Å². The van der Waals surface area contributed by atoms with Gasteiger partial charge in [0, 0.05) is 6.61 Å². The van der Waals surface area contributed by atoms with E-state index >= 15 is 0 Å².